The molecule has 0 spiro atoms. The highest BCUT2D eigenvalue weighted by Gasteiger charge is 2.51. The number of carboxylic acids is 1. The van der Waals surface area contributed by atoms with Gasteiger partial charge in [-0.15, -0.1) is 0 Å². The van der Waals surface area contributed by atoms with Crippen molar-refractivity contribution in [2.45, 2.75) is 37.1 Å². The Balaban J connectivity index is 1.21. The molecule has 1 saturated carbocycles. The van der Waals surface area contributed by atoms with Crippen LogP contribution >= 0.6 is 0 Å². The van der Waals surface area contributed by atoms with E-state index in [1.54, 1.807) is 24.3 Å². The maximum Gasteiger partial charge on any atom is 0.411 e. The van der Waals surface area contributed by atoms with Gasteiger partial charge in [0.15, 0.2) is 0 Å². The molecule has 0 unspecified atom stereocenters. The number of aliphatic carboxylic acids is 1. The summed E-state index contributed by atoms with van der Waals surface area (Å²) in [4.78, 5) is 36.2. The number of fused-ring (bicyclic) bond motifs is 3. The minimum atomic E-state index is -1.07. The monoisotopic (exact) mass is 470 g/mol. The summed E-state index contributed by atoms with van der Waals surface area (Å²) >= 11 is 0. The van der Waals surface area contributed by atoms with Crippen LogP contribution in [-0.4, -0.2) is 35.7 Å². The van der Waals surface area contributed by atoms with Crippen molar-refractivity contribution in [3.63, 3.8) is 0 Å². The van der Waals surface area contributed by atoms with Crippen LogP contribution in [-0.2, 0) is 19.7 Å². The summed E-state index contributed by atoms with van der Waals surface area (Å²) in [6.07, 6.45) is 0.767. The second-order valence-corrected chi connectivity index (χ2v) is 9.14. The van der Waals surface area contributed by atoms with Gasteiger partial charge in [-0.1, -0.05) is 60.7 Å². The lowest BCUT2D eigenvalue weighted by Crippen LogP contribution is -2.43. The number of hydrogen-bond acceptors (Lipinski definition) is 4. The fourth-order valence-electron chi connectivity index (χ4n) is 4.79. The number of anilines is 1. The SMILES string of the molecule is C[C@H](NC(=O)C1(c2ccc(NC(=O)OCC3c4ccccc4-c4ccccc43)cc2)CC1)C(=O)O. The molecule has 3 N–H and O–H groups in total. The molecule has 2 amide bonds. The van der Waals surface area contributed by atoms with Crippen LogP contribution in [0.4, 0.5) is 10.5 Å². The molecule has 7 heteroatoms. The van der Waals surface area contributed by atoms with E-state index < -0.39 is 23.5 Å². The number of hydrogen-bond donors (Lipinski definition) is 3. The molecule has 1 fully saturated rings. The first-order chi connectivity index (χ1) is 16.9. The summed E-state index contributed by atoms with van der Waals surface area (Å²) < 4.78 is 5.59. The third kappa shape index (κ3) is 4.25. The van der Waals surface area contributed by atoms with Gasteiger partial charge in [0.05, 0.1) is 5.41 Å². The topological polar surface area (TPSA) is 105 Å². The Morgan fingerprint density at radius 2 is 1.51 bits per heavy atom. The Kier molecular flexibility index (Phi) is 5.76. The molecule has 0 aliphatic heterocycles. The average molecular weight is 471 g/mol. The lowest BCUT2D eigenvalue weighted by molar-refractivity contribution is -0.141. The van der Waals surface area contributed by atoms with E-state index in [0.717, 1.165) is 16.7 Å². The molecule has 5 rings (SSSR count). The summed E-state index contributed by atoms with van der Waals surface area (Å²) in [6, 6.07) is 22.4. The highest BCUT2D eigenvalue weighted by atomic mass is 16.5. The zero-order valence-corrected chi connectivity index (χ0v) is 19.3. The van der Waals surface area contributed by atoms with Crippen LogP contribution in [0.25, 0.3) is 11.1 Å². The van der Waals surface area contributed by atoms with Crippen LogP contribution in [0.5, 0.6) is 0 Å². The molecule has 0 radical (unpaired) electrons. The van der Waals surface area contributed by atoms with Crippen molar-refractivity contribution in [2.75, 3.05) is 11.9 Å². The number of carbonyl (C=O) groups excluding carboxylic acids is 2. The van der Waals surface area contributed by atoms with Crippen LogP contribution in [0.15, 0.2) is 72.8 Å². The number of carboxylic acid groups (broad SMARTS) is 1. The Hall–Kier alpha value is -4.13. The second-order valence-electron chi connectivity index (χ2n) is 9.14. The Bertz CT molecular complexity index is 1250. The smallest absolute Gasteiger partial charge is 0.411 e. The molecule has 178 valence electrons. The number of rotatable bonds is 7. The van der Waals surface area contributed by atoms with Crippen molar-refractivity contribution >= 4 is 23.7 Å². The van der Waals surface area contributed by atoms with Gasteiger partial charge in [0.1, 0.15) is 12.6 Å². The molecule has 3 aromatic rings. The lowest BCUT2D eigenvalue weighted by Gasteiger charge is -2.18. The lowest BCUT2D eigenvalue weighted by atomic mass is 9.94. The molecule has 1 atom stereocenters. The molecule has 0 bridgehead atoms. The first-order valence-electron chi connectivity index (χ1n) is 11.7. The first-order valence-corrected chi connectivity index (χ1v) is 11.7. The van der Waals surface area contributed by atoms with E-state index in [2.05, 4.69) is 34.9 Å². The van der Waals surface area contributed by atoms with Crippen molar-refractivity contribution < 1.29 is 24.2 Å². The molecule has 0 saturated heterocycles. The Morgan fingerprint density at radius 1 is 0.943 bits per heavy atom. The number of benzene rings is 3. The van der Waals surface area contributed by atoms with Gasteiger partial charge in [-0.2, -0.15) is 0 Å². The number of ether oxygens (including phenoxy) is 1. The second kappa shape index (κ2) is 8.91. The minimum absolute atomic E-state index is 0.0167. The number of amides is 2. The number of nitrogens with one attached hydrogen (secondary N) is 2. The molecule has 35 heavy (non-hydrogen) atoms. The van der Waals surface area contributed by atoms with E-state index in [4.69, 9.17) is 9.84 Å². The predicted octanol–water partition coefficient (Wildman–Crippen LogP) is 4.67. The normalized spacial score (nSPS) is 15.9. The summed E-state index contributed by atoms with van der Waals surface area (Å²) in [6.45, 7) is 1.67. The molecule has 0 heterocycles. The van der Waals surface area contributed by atoms with Crippen molar-refractivity contribution in [2.24, 2.45) is 0 Å². The molecule has 3 aromatic carbocycles. The van der Waals surface area contributed by atoms with E-state index in [1.165, 1.54) is 18.1 Å². The molecule has 0 aromatic heterocycles. The van der Waals surface area contributed by atoms with Crippen LogP contribution in [0, 0.1) is 0 Å². The summed E-state index contributed by atoms with van der Waals surface area (Å²) in [7, 11) is 0. The van der Waals surface area contributed by atoms with Gasteiger partial charge in [-0.3, -0.25) is 14.9 Å². The van der Waals surface area contributed by atoms with Gasteiger partial charge in [-0.25, -0.2) is 4.79 Å². The van der Waals surface area contributed by atoms with Gasteiger partial charge in [0.2, 0.25) is 5.91 Å². The zero-order valence-electron chi connectivity index (χ0n) is 19.3. The average Bonchev–Trinajstić information content (AvgIpc) is 3.61. The van der Waals surface area contributed by atoms with E-state index >= 15 is 0 Å². The zero-order chi connectivity index (χ0) is 24.6. The van der Waals surface area contributed by atoms with Crippen molar-refractivity contribution in [3.05, 3.63) is 89.5 Å². The Labute approximate surface area is 203 Å². The van der Waals surface area contributed by atoms with Gasteiger partial charge in [-0.05, 0) is 59.7 Å². The summed E-state index contributed by atoms with van der Waals surface area (Å²) in [5, 5.41) is 14.4. The van der Waals surface area contributed by atoms with Crippen LogP contribution in [0.3, 0.4) is 0 Å². The van der Waals surface area contributed by atoms with Gasteiger partial charge >= 0.3 is 12.1 Å². The molecular weight excluding hydrogens is 444 g/mol. The highest BCUT2D eigenvalue weighted by molar-refractivity contribution is 5.94. The number of carbonyl (C=O) groups is 3. The molecular formula is C28H26N2O5. The summed E-state index contributed by atoms with van der Waals surface area (Å²) in [5.74, 6) is -1.38. The molecule has 2 aliphatic rings. The van der Waals surface area contributed by atoms with Crippen LogP contribution < -0.4 is 10.6 Å². The first kappa shape index (κ1) is 22.7. The largest absolute Gasteiger partial charge is 0.480 e. The maximum atomic E-state index is 12.6. The fraction of sp³-hybridized carbons (Fsp3) is 0.250. The predicted molar refractivity (Wildman–Crippen MR) is 131 cm³/mol. The third-order valence-electron chi connectivity index (χ3n) is 6.93. The van der Waals surface area contributed by atoms with Crippen molar-refractivity contribution in [1.82, 2.24) is 5.32 Å². The maximum absolute atomic E-state index is 12.6. The van der Waals surface area contributed by atoms with E-state index in [0.29, 0.717) is 18.5 Å². The fourth-order valence-corrected chi connectivity index (χ4v) is 4.79. The van der Waals surface area contributed by atoms with E-state index in [1.807, 2.05) is 24.3 Å². The molecule has 2 aliphatic carbocycles. The summed E-state index contributed by atoms with van der Waals surface area (Å²) in [5.41, 5.74) is 5.29. The minimum Gasteiger partial charge on any atom is -0.480 e. The van der Waals surface area contributed by atoms with Crippen molar-refractivity contribution in [1.29, 1.82) is 0 Å². The third-order valence-corrected chi connectivity index (χ3v) is 6.93. The van der Waals surface area contributed by atoms with E-state index in [9.17, 15) is 14.4 Å². The quantitative estimate of drug-likeness (QED) is 0.466. The highest BCUT2D eigenvalue weighted by Crippen LogP contribution is 2.49. The Morgan fingerprint density at radius 3 is 2.06 bits per heavy atom. The van der Waals surface area contributed by atoms with Crippen LogP contribution in [0.2, 0.25) is 0 Å². The van der Waals surface area contributed by atoms with Gasteiger partial charge in [0.25, 0.3) is 0 Å². The molecule has 7 nitrogen and oxygen atoms in total. The van der Waals surface area contributed by atoms with Gasteiger partial charge < -0.3 is 15.2 Å². The van der Waals surface area contributed by atoms with E-state index in [-0.39, 0.29) is 18.4 Å². The van der Waals surface area contributed by atoms with Crippen molar-refractivity contribution in [3.8, 4) is 11.1 Å². The standard InChI is InChI=1S/C28H26N2O5/c1-17(25(31)32)29-26(33)28(14-15-28)18-10-12-19(13-11-18)30-27(34)35-16-24-22-8-4-2-6-20(22)21-7-3-5-9-23(21)24/h2-13,17,24H,14-16H2,1H3,(H,29,33)(H,30,34)(H,31,32)/t17-/m0/s1. The van der Waals surface area contributed by atoms with Crippen LogP contribution in [0.1, 0.15) is 42.4 Å². The van der Waals surface area contributed by atoms with Gasteiger partial charge in [0, 0.05) is 11.6 Å².